The lowest BCUT2D eigenvalue weighted by molar-refractivity contribution is 0.306. The molecule has 2 aromatic rings. The van der Waals surface area contributed by atoms with Crippen molar-refractivity contribution in [1.82, 2.24) is 25.3 Å². The summed E-state index contributed by atoms with van der Waals surface area (Å²) in [5.74, 6) is 0.563. The molecule has 1 atom stereocenters. The molecule has 1 unspecified atom stereocenters. The number of halogens is 2. The summed E-state index contributed by atoms with van der Waals surface area (Å²) >= 11 is 0. The van der Waals surface area contributed by atoms with E-state index in [4.69, 9.17) is 4.99 Å². The number of hydrogen-bond donors (Lipinski definition) is 2. The molecule has 2 N–H and O–H groups in total. The molecule has 6 nitrogen and oxygen atoms in total. The van der Waals surface area contributed by atoms with E-state index in [9.17, 15) is 4.39 Å². The molecule has 1 aromatic carbocycles. The van der Waals surface area contributed by atoms with Crippen LogP contribution in [0.1, 0.15) is 24.1 Å². The third-order valence-corrected chi connectivity index (χ3v) is 4.09. The Hall–Kier alpha value is -1.68. The standard InChI is InChI=1S/C19H29FN6.HI/c1-5-21-19(22-10-9-15-7-6-8-17(20)11-15)23-13-18(25(2)3)16-12-24-26(4)14-16;/h6-8,11-12,14,18H,5,9-10,13H2,1-4H3,(H2,21,22,23);1H. The summed E-state index contributed by atoms with van der Waals surface area (Å²) in [5.41, 5.74) is 2.10. The topological polar surface area (TPSA) is 57.5 Å². The van der Waals surface area contributed by atoms with Crippen LogP contribution in [0.5, 0.6) is 0 Å². The first-order valence-corrected chi connectivity index (χ1v) is 8.91. The Morgan fingerprint density at radius 2 is 2.11 bits per heavy atom. The number of aromatic nitrogens is 2. The Bertz CT molecular complexity index is 716. The second kappa shape index (κ2) is 11.9. The Morgan fingerprint density at radius 3 is 2.70 bits per heavy atom. The average molecular weight is 488 g/mol. The van der Waals surface area contributed by atoms with Gasteiger partial charge in [0, 0.05) is 31.9 Å². The highest BCUT2D eigenvalue weighted by Crippen LogP contribution is 2.17. The van der Waals surface area contributed by atoms with Gasteiger partial charge in [0.05, 0.1) is 18.8 Å². The summed E-state index contributed by atoms with van der Waals surface area (Å²) in [5, 5.41) is 10.8. The van der Waals surface area contributed by atoms with Crippen LogP contribution >= 0.6 is 24.0 Å². The van der Waals surface area contributed by atoms with Crippen LogP contribution in [0.3, 0.4) is 0 Å². The van der Waals surface area contributed by atoms with Crippen LogP contribution in [-0.2, 0) is 13.5 Å². The van der Waals surface area contributed by atoms with Gasteiger partial charge in [-0.3, -0.25) is 9.67 Å². The summed E-state index contributed by atoms with van der Waals surface area (Å²) in [6, 6.07) is 6.85. The van der Waals surface area contributed by atoms with Crippen LogP contribution in [-0.4, -0.2) is 54.4 Å². The van der Waals surface area contributed by atoms with Crippen molar-refractivity contribution < 1.29 is 4.39 Å². The first-order chi connectivity index (χ1) is 12.5. The number of rotatable bonds is 8. The highest BCUT2D eigenvalue weighted by atomic mass is 127. The van der Waals surface area contributed by atoms with E-state index in [1.54, 1.807) is 16.8 Å². The SMILES string of the molecule is CCNC(=NCC(c1cnn(C)c1)N(C)C)NCCc1cccc(F)c1.I. The van der Waals surface area contributed by atoms with Gasteiger partial charge in [-0.25, -0.2) is 4.39 Å². The van der Waals surface area contributed by atoms with E-state index >= 15 is 0 Å². The van der Waals surface area contributed by atoms with Crippen LogP contribution in [0.2, 0.25) is 0 Å². The molecule has 8 heteroatoms. The molecule has 0 fully saturated rings. The number of aryl methyl sites for hydroxylation is 1. The van der Waals surface area contributed by atoms with Gasteiger partial charge in [-0.05, 0) is 45.1 Å². The fourth-order valence-corrected chi connectivity index (χ4v) is 2.72. The second-order valence-electron chi connectivity index (χ2n) is 6.45. The first kappa shape index (κ1) is 23.4. The molecule has 0 bridgehead atoms. The summed E-state index contributed by atoms with van der Waals surface area (Å²) in [4.78, 5) is 6.85. The smallest absolute Gasteiger partial charge is 0.191 e. The normalized spacial score (nSPS) is 12.6. The lowest BCUT2D eigenvalue weighted by Crippen LogP contribution is -2.39. The molecule has 0 saturated carbocycles. The predicted octanol–water partition coefficient (Wildman–Crippen LogP) is 2.58. The molecule has 27 heavy (non-hydrogen) atoms. The summed E-state index contributed by atoms with van der Waals surface area (Å²) in [7, 11) is 5.99. The van der Waals surface area contributed by atoms with Gasteiger partial charge in [-0.2, -0.15) is 5.10 Å². The molecule has 1 aromatic heterocycles. The van der Waals surface area contributed by atoms with Crippen molar-refractivity contribution in [2.24, 2.45) is 12.0 Å². The summed E-state index contributed by atoms with van der Waals surface area (Å²) in [6.45, 7) is 4.13. The van der Waals surface area contributed by atoms with E-state index in [1.807, 2.05) is 46.5 Å². The fraction of sp³-hybridized carbons (Fsp3) is 0.474. The number of hydrogen-bond acceptors (Lipinski definition) is 3. The van der Waals surface area contributed by atoms with Gasteiger partial charge >= 0.3 is 0 Å². The van der Waals surface area contributed by atoms with E-state index in [1.165, 1.54) is 6.07 Å². The number of aliphatic imine (C=N–C) groups is 1. The maximum atomic E-state index is 13.3. The maximum absolute atomic E-state index is 13.3. The van der Waals surface area contributed by atoms with E-state index in [0.29, 0.717) is 13.1 Å². The van der Waals surface area contributed by atoms with E-state index < -0.39 is 0 Å². The summed E-state index contributed by atoms with van der Waals surface area (Å²) < 4.78 is 15.1. The molecule has 0 aliphatic rings. The van der Waals surface area contributed by atoms with Gasteiger partial charge in [0.15, 0.2) is 5.96 Å². The molecule has 0 aliphatic carbocycles. The minimum absolute atomic E-state index is 0. The maximum Gasteiger partial charge on any atom is 0.191 e. The molecule has 2 rings (SSSR count). The van der Waals surface area contributed by atoms with Crippen LogP contribution in [0, 0.1) is 5.82 Å². The molecule has 0 aliphatic heterocycles. The molecular weight excluding hydrogens is 458 g/mol. The van der Waals surface area contributed by atoms with Gasteiger partial charge < -0.3 is 15.5 Å². The van der Waals surface area contributed by atoms with E-state index in [0.717, 1.165) is 30.1 Å². The monoisotopic (exact) mass is 488 g/mol. The number of guanidine groups is 1. The van der Waals surface area contributed by atoms with Crippen molar-refractivity contribution >= 4 is 29.9 Å². The minimum atomic E-state index is -0.201. The van der Waals surface area contributed by atoms with E-state index in [2.05, 4.69) is 20.6 Å². The van der Waals surface area contributed by atoms with Crippen LogP contribution in [0.4, 0.5) is 4.39 Å². The Morgan fingerprint density at radius 1 is 1.33 bits per heavy atom. The first-order valence-electron chi connectivity index (χ1n) is 8.91. The second-order valence-corrected chi connectivity index (χ2v) is 6.45. The van der Waals surface area contributed by atoms with Crippen LogP contribution in [0.25, 0.3) is 0 Å². The van der Waals surface area contributed by atoms with Gasteiger partial charge in [0.25, 0.3) is 0 Å². The van der Waals surface area contributed by atoms with Gasteiger partial charge in [-0.1, -0.05) is 12.1 Å². The van der Waals surface area contributed by atoms with Crippen LogP contribution in [0.15, 0.2) is 41.7 Å². The molecular formula is C19H30FIN6. The molecule has 0 spiro atoms. The lowest BCUT2D eigenvalue weighted by Gasteiger charge is -2.22. The zero-order valence-electron chi connectivity index (χ0n) is 16.4. The fourth-order valence-electron chi connectivity index (χ4n) is 2.72. The van der Waals surface area contributed by atoms with Crippen LogP contribution < -0.4 is 10.6 Å². The van der Waals surface area contributed by atoms with E-state index in [-0.39, 0.29) is 35.8 Å². The van der Waals surface area contributed by atoms with Crippen molar-refractivity contribution in [3.05, 3.63) is 53.6 Å². The third kappa shape index (κ3) is 7.84. The molecule has 0 saturated heterocycles. The largest absolute Gasteiger partial charge is 0.357 e. The number of nitrogens with zero attached hydrogens (tertiary/aromatic N) is 4. The molecule has 0 amide bonds. The number of benzene rings is 1. The van der Waals surface area contributed by atoms with Gasteiger partial charge in [-0.15, -0.1) is 24.0 Å². The Labute approximate surface area is 178 Å². The van der Waals surface area contributed by atoms with Crippen molar-refractivity contribution in [2.75, 3.05) is 33.7 Å². The minimum Gasteiger partial charge on any atom is -0.357 e. The van der Waals surface area contributed by atoms with Crippen molar-refractivity contribution in [1.29, 1.82) is 0 Å². The number of nitrogens with one attached hydrogen (secondary N) is 2. The van der Waals surface area contributed by atoms with Crippen molar-refractivity contribution in [2.45, 2.75) is 19.4 Å². The third-order valence-electron chi connectivity index (χ3n) is 4.09. The quantitative estimate of drug-likeness (QED) is 0.341. The predicted molar refractivity (Wildman–Crippen MR) is 119 cm³/mol. The Kier molecular flexibility index (Phi) is 10.3. The number of likely N-dealkylation sites (N-methyl/N-ethyl adjacent to an activating group) is 1. The van der Waals surface area contributed by atoms with Gasteiger partial charge in [0.2, 0.25) is 0 Å². The highest BCUT2D eigenvalue weighted by Gasteiger charge is 2.15. The molecule has 1 heterocycles. The van der Waals surface area contributed by atoms with Crippen molar-refractivity contribution in [3.63, 3.8) is 0 Å². The molecule has 150 valence electrons. The zero-order valence-corrected chi connectivity index (χ0v) is 18.8. The average Bonchev–Trinajstić information content (AvgIpc) is 3.01. The highest BCUT2D eigenvalue weighted by molar-refractivity contribution is 14.0. The zero-order chi connectivity index (χ0) is 18.9. The Balaban J connectivity index is 0.00000364. The summed E-state index contributed by atoms with van der Waals surface area (Å²) in [6.07, 6.45) is 4.64. The van der Waals surface area contributed by atoms with Crippen molar-refractivity contribution in [3.8, 4) is 0 Å². The lowest BCUT2D eigenvalue weighted by atomic mass is 10.1. The van der Waals surface area contributed by atoms with Gasteiger partial charge in [0.1, 0.15) is 5.82 Å². The molecule has 0 radical (unpaired) electrons.